The molecule has 3 rings (SSSR count). The van der Waals surface area contributed by atoms with Gasteiger partial charge in [0.05, 0.1) is 12.6 Å². The number of ether oxygens (including phenoxy) is 1. The maximum atomic E-state index is 5.32. The lowest BCUT2D eigenvalue weighted by Gasteiger charge is -2.05. The highest BCUT2D eigenvalue weighted by molar-refractivity contribution is 5.76. The molecule has 0 unspecified atom stereocenters. The van der Waals surface area contributed by atoms with Crippen molar-refractivity contribution in [1.29, 1.82) is 0 Å². The van der Waals surface area contributed by atoms with Gasteiger partial charge in [-0.05, 0) is 30.7 Å². The average Bonchev–Trinajstić information content (AvgIpc) is 2.83. The number of fused-ring (bicyclic) bond motifs is 1. The van der Waals surface area contributed by atoms with Crippen LogP contribution < -0.4 is 4.74 Å². The number of rotatable bonds is 2. The van der Waals surface area contributed by atoms with Gasteiger partial charge in [-0.25, -0.2) is 9.97 Å². The number of imidazole rings is 1. The number of hydrogen-bond donors (Lipinski definition) is 1. The molecular weight excluding hydrogens is 226 g/mol. The number of benzene rings is 1. The third-order valence-corrected chi connectivity index (χ3v) is 2.94. The monoisotopic (exact) mass is 239 g/mol. The lowest BCUT2D eigenvalue weighted by atomic mass is 10.1. The molecule has 0 spiro atoms. The lowest BCUT2D eigenvalue weighted by Crippen LogP contribution is -1.88. The van der Waals surface area contributed by atoms with Crippen LogP contribution in [-0.4, -0.2) is 22.1 Å². The summed E-state index contributed by atoms with van der Waals surface area (Å²) in [6, 6.07) is 9.88. The summed E-state index contributed by atoms with van der Waals surface area (Å²) in [5.74, 6) is 1.67. The van der Waals surface area contributed by atoms with Crippen LogP contribution in [0.1, 0.15) is 5.56 Å². The Morgan fingerprint density at radius 2 is 2.11 bits per heavy atom. The second kappa shape index (κ2) is 4.14. The highest BCUT2D eigenvalue weighted by atomic mass is 16.5. The largest absolute Gasteiger partial charge is 0.496 e. The summed E-state index contributed by atoms with van der Waals surface area (Å²) in [5, 5.41) is 0. The van der Waals surface area contributed by atoms with Crippen LogP contribution in [0.5, 0.6) is 5.75 Å². The van der Waals surface area contributed by atoms with Crippen molar-refractivity contribution in [2.45, 2.75) is 6.92 Å². The zero-order valence-corrected chi connectivity index (χ0v) is 10.3. The molecule has 0 fully saturated rings. The summed E-state index contributed by atoms with van der Waals surface area (Å²) < 4.78 is 5.32. The van der Waals surface area contributed by atoms with Crippen molar-refractivity contribution >= 4 is 11.2 Å². The molecule has 0 bridgehead atoms. The van der Waals surface area contributed by atoms with Gasteiger partial charge >= 0.3 is 0 Å². The first kappa shape index (κ1) is 10.8. The number of nitrogens with one attached hydrogen (secondary N) is 1. The second-order valence-electron chi connectivity index (χ2n) is 4.14. The molecule has 3 aromatic rings. The van der Waals surface area contributed by atoms with Crippen LogP contribution in [0.25, 0.3) is 22.6 Å². The zero-order valence-electron chi connectivity index (χ0n) is 10.3. The molecule has 2 heterocycles. The van der Waals surface area contributed by atoms with Crippen LogP contribution in [0.3, 0.4) is 0 Å². The molecule has 0 radical (unpaired) electrons. The Morgan fingerprint density at radius 1 is 1.22 bits per heavy atom. The van der Waals surface area contributed by atoms with Crippen molar-refractivity contribution in [2.24, 2.45) is 0 Å². The summed E-state index contributed by atoms with van der Waals surface area (Å²) in [7, 11) is 1.67. The molecule has 4 nitrogen and oxygen atoms in total. The number of hydrogen-bond acceptors (Lipinski definition) is 3. The molecular formula is C14H13N3O. The van der Waals surface area contributed by atoms with Crippen LogP contribution in [0.2, 0.25) is 0 Å². The third-order valence-electron chi connectivity index (χ3n) is 2.94. The number of aromatic amines is 1. The highest BCUT2D eigenvalue weighted by Gasteiger charge is 2.07. The molecule has 18 heavy (non-hydrogen) atoms. The van der Waals surface area contributed by atoms with Crippen molar-refractivity contribution in [2.75, 3.05) is 7.11 Å². The van der Waals surface area contributed by atoms with Crippen molar-refractivity contribution in [3.8, 4) is 17.1 Å². The van der Waals surface area contributed by atoms with Gasteiger partial charge in [-0.15, -0.1) is 0 Å². The van der Waals surface area contributed by atoms with Gasteiger partial charge in [0.15, 0.2) is 5.65 Å². The Kier molecular flexibility index (Phi) is 2.48. The fourth-order valence-electron chi connectivity index (χ4n) is 1.95. The summed E-state index contributed by atoms with van der Waals surface area (Å²) in [4.78, 5) is 11.9. The van der Waals surface area contributed by atoms with Crippen molar-refractivity contribution in [1.82, 2.24) is 15.0 Å². The molecule has 1 aromatic carbocycles. The normalized spacial score (nSPS) is 10.8. The SMILES string of the molecule is COc1cc(-c2nc3ncccc3[nH]2)ccc1C. The van der Waals surface area contributed by atoms with Crippen LogP contribution >= 0.6 is 0 Å². The quantitative estimate of drug-likeness (QED) is 0.748. The zero-order chi connectivity index (χ0) is 12.5. The Labute approximate surface area is 105 Å². The number of nitrogens with zero attached hydrogens (tertiary/aromatic N) is 2. The molecule has 0 saturated carbocycles. The minimum absolute atomic E-state index is 0.729. The molecule has 0 aliphatic heterocycles. The number of pyridine rings is 1. The van der Waals surface area contributed by atoms with Crippen LogP contribution in [-0.2, 0) is 0 Å². The molecule has 0 aliphatic rings. The van der Waals surface area contributed by atoms with E-state index in [9.17, 15) is 0 Å². The molecule has 90 valence electrons. The molecule has 4 heteroatoms. The van der Waals surface area contributed by atoms with E-state index in [1.807, 2.05) is 37.3 Å². The van der Waals surface area contributed by atoms with E-state index in [0.29, 0.717) is 0 Å². The van der Waals surface area contributed by atoms with Gasteiger partial charge in [0.2, 0.25) is 0 Å². The Hall–Kier alpha value is -2.36. The summed E-state index contributed by atoms with van der Waals surface area (Å²) in [6.45, 7) is 2.02. The van der Waals surface area contributed by atoms with Crippen LogP contribution in [0.15, 0.2) is 36.5 Å². The topological polar surface area (TPSA) is 50.8 Å². The first-order valence-corrected chi connectivity index (χ1v) is 5.73. The molecule has 1 N–H and O–H groups in total. The molecule has 2 aromatic heterocycles. The van der Waals surface area contributed by atoms with Gasteiger partial charge in [0, 0.05) is 11.8 Å². The van der Waals surface area contributed by atoms with E-state index in [1.54, 1.807) is 13.3 Å². The minimum Gasteiger partial charge on any atom is -0.496 e. The van der Waals surface area contributed by atoms with Gasteiger partial charge in [-0.2, -0.15) is 0 Å². The average molecular weight is 239 g/mol. The third kappa shape index (κ3) is 1.72. The van der Waals surface area contributed by atoms with Crippen molar-refractivity contribution < 1.29 is 4.74 Å². The Morgan fingerprint density at radius 3 is 2.89 bits per heavy atom. The van der Waals surface area contributed by atoms with E-state index in [4.69, 9.17) is 4.74 Å². The highest BCUT2D eigenvalue weighted by Crippen LogP contribution is 2.26. The van der Waals surface area contributed by atoms with Crippen molar-refractivity contribution in [3.05, 3.63) is 42.1 Å². The van der Waals surface area contributed by atoms with Gasteiger partial charge in [0.1, 0.15) is 11.6 Å². The second-order valence-corrected chi connectivity index (χ2v) is 4.14. The fourth-order valence-corrected chi connectivity index (χ4v) is 1.95. The summed E-state index contributed by atoms with van der Waals surface area (Å²) >= 11 is 0. The van der Waals surface area contributed by atoms with E-state index in [2.05, 4.69) is 15.0 Å². The number of methoxy groups -OCH3 is 1. The van der Waals surface area contributed by atoms with Gasteiger partial charge in [-0.1, -0.05) is 12.1 Å². The van der Waals surface area contributed by atoms with Crippen molar-refractivity contribution in [3.63, 3.8) is 0 Å². The van der Waals surface area contributed by atoms with Crippen LogP contribution in [0, 0.1) is 6.92 Å². The first-order chi connectivity index (χ1) is 8.78. The predicted molar refractivity (Wildman–Crippen MR) is 70.6 cm³/mol. The number of aryl methyl sites for hydroxylation is 1. The fraction of sp³-hybridized carbons (Fsp3) is 0.143. The van der Waals surface area contributed by atoms with E-state index < -0.39 is 0 Å². The molecule has 0 saturated heterocycles. The van der Waals surface area contributed by atoms with Gasteiger partial charge in [-0.3, -0.25) is 0 Å². The summed E-state index contributed by atoms with van der Waals surface area (Å²) in [5.41, 5.74) is 3.77. The minimum atomic E-state index is 0.729. The summed E-state index contributed by atoms with van der Waals surface area (Å²) in [6.07, 6.45) is 1.74. The Balaban J connectivity index is 2.13. The predicted octanol–water partition coefficient (Wildman–Crippen LogP) is 2.94. The van der Waals surface area contributed by atoms with Crippen LogP contribution in [0.4, 0.5) is 0 Å². The van der Waals surface area contributed by atoms with Gasteiger partial charge < -0.3 is 9.72 Å². The van der Waals surface area contributed by atoms with Gasteiger partial charge in [0.25, 0.3) is 0 Å². The maximum absolute atomic E-state index is 5.32. The smallest absolute Gasteiger partial charge is 0.178 e. The molecule has 0 amide bonds. The first-order valence-electron chi connectivity index (χ1n) is 5.73. The van der Waals surface area contributed by atoms with E-state index >= 15 is 0 Å². The molecule has 0 atom stereocenters. The van der Waals surface area contributed by atoms with E-state index in [-0.39, 0.29) is 0 Å². The Bertz CT molecular complexity index is 670. The van der Waals surface area contributed by atoms with E-state index in [1.165, 1.54) is 0 Å². The lowest BCUT2D eigenvalue weighted by molar-refractivity contribution is 0.412. The number of aromatic nitrogens is 3. The standard InChI is InChI=1S/C14H13N3O/c1-9-5-6-10(8-12(9)18-2)13-16-11-4-3-7-15-14(11)17-13/h3-8H,1-2H3,(H,15,16,17). The number of H-pyrrole nitrogens is 1. The van der Waals surface area contributed by atoms with E-state index in [0.717, 1.165) is 33.9 Å². The maximum Gasteiger partial charge on any atom is 0.178 e. The molecule has 0 aliphatic carbocycles.